The number of nitrogens with zero attached hydrogens (tertiary/aromatic N) is 9. The summed E-state index contributed by atoms with van der Waals surface area (Å²) in [5.74, 6) is -11.0. The van der Waals surface area contributed by atoms with Gasteiger partial charge in [-0.3, -0.25) is 57.5 Å². The van der Waals surface area contributed by atoms with Gasteiger partial charge in [0, 0.05) is 75.9 Å². The maximum absolute atomic E-state index is 15.5. The molecule has 12 amide bonds. The first kappa shape index (κ1) is 79.1. The van der Waals surface area contributed by atoms with E-state index >= 15 is 23.6 Å². The molecule has 24 nitrogen and oxygen atoms in total. The Hall–Kier alpha value is -8.20. The van der Waals surface area contributed by atoms with Gasteiger partial charge in [0.15, 0.2) is 0 Å². The molecule has 5 aliphatic rings. The number of benzene rings is 2. The molecule has 100 heavy (non-hydrogen) atoms. The summed E-state index contributed by atoms with van der Waals surface area (Å²) in [5.41, 5.74) is -1.53. The maximum Gasteiger partial charge on any atom is 0.419 e. The highest BCUT2D eigenvalue weighted by Crippen LogP contribution is 2.38. The lowest BCUT2D eigenvalue weighted by Crippen LogP contribution is -2.65. The molecule has 2 aliphatic carbocycles. The van der Waals surface area contributed by atoms with Crippen molar-refractivity contribution in [3.05, 3.63) is 70.5 Å². The lowest BCUT2D eigenvalue weighted by atomic mass is 9.90. The number of carbonyl (C=O) groups is 12. The van der Waals surface area contributed by atoms with Crippen LogP contribution in [0.1, 0.15) is 153 Å². The van der Waals surface area contributed by atoms with Crippen LogP contribution in [0.25, 0.3) is 0 Å². The fourth-order valence-electron chi connectivity index (χ4n) is 14.7. The van der Waals surface area contributed by atoms with E-state index in [1.165, 1.54) is 103 Å². The van der Waals surface area contributed by atoms with E-state index in [2.05, 4.69) is 16.0 Å². The van der Waals surface area contributed by atoms with Crippen molar-refractivity contribution >= 4 is 70.9 Å². The molecule has 2 saturated carbocycles. The zero-order valence-electron chi connectivity index (χ0n) is 60.5. The minimum Gasteiger partial charge on any atom is -0.347 e. The molecule has 7 rings (SSSR count). The van der Waals surface area contributed by atoms with E-state index in [4.69, 9.17) is 0 Å². The predicted octanol–water partition coefficient (Wildman–Crippen LogP) is 4.71. The van der Waals surface area contributed by atoms with Crippen LogP contribution in [0.3, 0.4) is 0 Å². The van der Waals surface area contributed by atoms with Crippen LogP contribution in [0.15, 0.2) is 42.5 Å². The third-order valence-corrected chi connectivity index (χ3v) is 21.4. The van der Waals surface area contributed by atoms with Gasteiger partial charge in [0.25, 0.3) is 0 Å². The Kier molecular flexibility index (Phi) is 26.5. The molecule has 3 N–H and O–H groups in total. The van der Waals surface area contributed by atoms with Crippen LogP contribution < -0.4 is 16.0 Å². The molecule has 1 spiro atoms. The number of carbonyl (C=O) groups excluding carboxylic acids is 12. The first-order chi connectivity index (χ1) is 46.9. The van der Waals surface area contributed by atoms with Crippen molar-refractivity contribution in [2.24, 2.45) is 17.8 Å². The third kappa shape index (κ3) is 18.1. The second-order valence-electron chi connectivity index (χ2n) is 29.1. The number of aryl methyl sites for hydroxylation is 2. The van der Waals surface area contributed by atoms with Crippen molar-refractivity contribution in [2.75, 3.05) is 76.0 Å². The number of hydrogen-bond donors (Lipinski definition) is 3. The van der Waals surface area contributed by atoms with Gasteiger partial charge >= 0.3 is 6.18 Å². The van der Waals surface area contributed by atoms with Crippen LogP contribution in [-0.2, 0) is 76.6 Å². The zero-order chi connectivity index (χ0) is 74.2. The molecule has 0 radical (unpaired) electrons. The Morgan fingerprint density at radius 2 is 1.28 bits per heavy atom. The summed E-state index contributed by atoms with van der Waals surface area (Å²) >= 11 is 0. The van der Waals surface area contributed by atoms with E-state index in [0.29, 0.717) is 49.8 Å². The highest BCUT2D eigenvalue weighted by molar-refractivity contribution is 6.01. The van der Waals surface area contributed by atoms with E-state index in [9.17, 15) is 51.5 Å². The Morgan fingerprint density at radius 1 is 0.660 bits per heavy atom. The highest BCUT2D eigenvalue weighted by Gasteiger charge is 2.52. The first-order valence-electron chi connectivity index (χ1n) is 35.2. The molecule has 3 aliphatic heterocycles. The molecule has 10 atom stereocenters. The Morgan fingerprint density at radius 3 is 1.85 bits per heavy atom. The van der Waals surface area contributed by atoms with E-state index in [-0.39, 0.29) is 82.4 Å². The second-order valence-corrected chi connectivity index (χ2v) is 29.1. The van der Waals surface area contributed by atoms with Gasteiger partial charge < -0.3 is 60.0 Å². The van der Waals surface area contributed by atoms with Gasteiger partial charge in [-0.05, 0) is 119 Å². The molecule has 0 aromatic heterocycles. The predicted molar refractivity (Wildman–Crippen MR) is 363 cm³/mol. The lowest BCUT2D eigenvalue weighted by Gasteiger charge is -2.45. The number of fused-ring (bicyclic) bond motifs is 2. The minimum absolute atomic E-state index is 0.0176. The van der Waals surface area contributed by atoms with Gasteiger partial charge in [0.05, 0.1) is 18.5 Å². The molecular formula is C72H104F4N12O12. The Bertz CT molecular complexity index is 3360. The molecule has 3 heterocycles. The van der Waals surface area contributed by atoms with Crippen molar-refractivity contribution < 1.29 is 75.1 Å². The summed E-state index contributed by atoms with van der Waals surface area (Å²) in [6, 6.07) is -1.99. The van der Waals surface area contributed by atoms with Gasteiger partial charge in [-0.2, -0.15) is 13.2 Å². The largest absolute Gasteiger partial charge is 0.419 e. The average molecular weight is 1410 g/mol. The molecular weight excluding hydrogens is 1300 g/mol. The quantitative estimate of drug-likeness (QED) is 0.258. The standard InChI is InChI=1S/C72H104F4N12O12/c1-15-44(5)59-68(98)82(10)45(6)63(93)88-36-32-53(88)67(97)84(12)55(39-47-26-24-43(4)25-27-47)66(96)81(9)41-57(89)77-51(31-29-46-28-30-49(50(73)38-46)72(74,75)76)64(94)87-35-20-23-52(87)62(92)79-71(33-18-19-34-71)70(100)86(14)60(48-21-16-17-22-48)69(99)85(13)56(65(95)80(7)8)40-58(90)83(11)54(37-42(2)3)61(91)78-59/h24-28,30,38,42,44-45,48,51-56,59-60H,15-23,29,31-37,39-41H2,1-14H3,(H,77,89)(H,78,91)(H,79,92)/t44-,45-,51-,52-,53-,54-,55-,56-,59-,60-/m0/s1. The number of amides is 12. The fourth-order valence-corrected chi connectivity index (χ4v) is 14.7. The SMILES string of the molecule is CC[C@H](C)[C@@H]1NC(=O)[C@H](CC(C)C)N(C)C(=O)C[C@@H](C(=O)N(C)C)N(C)C(=O)[C@H](C2CCCC2)N(C)C(=O)C2(CCCC2)NC(=O)[C@@H]2CCCN2C(=O)[C@H](CCc2ccc(C(F)(F)F)c(F)c2)NC(=O)CN(C)C(=O)[C@H](Cc2ccc(C)cc2)N(C)C(=O)[C@@H]2CCN2C(=O)[C@H](C)N(C)C1=O. The molecule has 0 bridgehead atoms. The monoisotopic (exact) mass is 1400 g/mol. The van der Waals surface area contributed by atoms with E-state index < -0.39 is 173 Å². The van der Waals surface area contributed by atoms with Crippen LogP contribution >= 0.6 is 0 Å². The number of alkyl halides is 3. The first-order valence-corrected chi connectivity index (χ1v) is 35.2. The Labute approximate surface area is 584 Å². The molecule has 3 saturated heterocycles. The van der Waals surface area contributed by atoms with Crippen molar-refractivity contribution in [1.82, 2.24) is 60.0 Å². The van der Waals surface area contributed by atoms with E-state index in [1.54, 1.807) is 19.1 Å². The molecule has 5 fully saturated rings. The van der Waals surface area contributed by atoms with Crippen LogP contribution in [0, 0.1) is 30.5 Å². The Balaban J connectivity index is 1.30. The normalized spacial score (nSPS) is 26.6. The van der Waals surface area contributed by atoms with E-state index in [1.807, 2.05) is 39.8 Å². The fraction of sp³-hybridized carbons (Fsp3) is 0.667. The molecule has 2 aromatic rings. The summed E-state index contributed by atoms with van der Waals surface area (Å²) < 4.78 is 56.2. The van der Waals surface area contributed by atoms with Gasteiger partial charge in [-0.15, -0.1) is 0 Å². The molecule has 552 valence electrons. The summed E-state index contributed by atoms with van der Waals surface area (Å²) in [5, 5.41) is 8.61. The van der Waals surface area contributed by atoms with Crippen molar-refractivity contribution in [1.29, 1.82) is 0 Å². The summed E-state index contributed by atoms with van der Waals surface area (Å²) in [6.07, 6.45) is -1.47. The third-order valence-electron chi connectivity index (χ3n) is 21.4. The molecule has 0 unspecified atom stereocenters. The van der Waals surface area contributed by atoms with Crippen LogP contribution in [0.4, 0.5) is 17.6 Å². The summed E-state index contributed by atoms with van der Waals surface area (Å²) in [7, 11) is 11.3. The van der Waals surface area contributed by atoms with Crippen LogP contribution in [0.2, 0.25) is 0 Å². The summed E-state index contributed by atoms with van der Waals surface area (Å²) in [6.45, 7) is 10.0. The number of halogens is 4. The second kappa shape index (κ2) is 33.5. The van der Waals surface area contributed by atoms with E-state index in [0.717, 1.165) is 29.4 Å². The van der Waals surface area contributed by atoms with Crippen molar-refractivity contribution in [3.63, 3.8) is 0 Å². The average Bonchev–Trinajstić information content (AvgIpc) is 1.29. The van der Waals surface area contributed by atoms with Crippen LogP contribution in [-0.4, -0.2) is 251 Å². The van der Waals surface area contributed by atoms with Gasteiger partial charge in [-0.1, -0.05) is 95.7 Å². The highest BCUT2D eigenvalue weighted by atomic mass is 19.4. The summed E-state index contributed by atoms with van der Waals surface area (Å²) in [4.78, 5) is 190. The maximum atomic E-state index is 15.5. The molecule has 2 aromatic carbocycles. The molecule has 28 heteroatoms. The van der Waals surface area contributed by atoms with Gasteiger partial charge in [-0.25, -0.2) is 4.39 Å². The zero-order valence-corrected chi connectivity index (χ0v) is 60.5. The topological polar surface area (TPSA) is 270 Å². The number of nitrogens with one attached hydrogen (secondary N) is 3. The van der Waals surface area contributed by atoms with Gasteiger partial charge in [0.1, 0.15) is 65.7 Å². The minimum atomic E-state index is -5.01. The number of rotatable bonds is 11. The van der Waals surface area contributed by atoms with Crippen molar-refractivity contribution in [3.8, 4) is 0 Å². The number of likely N-dealkylation sites (N-methyl/N-ethyl adjacent to an activating group) is 7. The van der Waals surface area contributed by atoms with Gasteiger partial charge in [0.2, 0.25) is 70.9 Å². The lowest BCUT2D eigenvalue weighted by molar-refractivity contribution is -0.160. The van der Waals surface area contributed by atoms with Crippen molar-refractivity contribution in [2.45, 2.75) is 217 Å². The van der Waals surface area contributed by atoms with Crippen LogP contribution in [0.5, 0.6) is 0 Å². The number of hydrogen-bond acceptors (Lipinski definition) is 12. The smallest absolute Gasteiger partial charge is 0.347 e.